The first-order chi connectivity index (χ1) is 5.24. The Labute approximate surface area is 72.7 Å². The van der Waals surface area contributed by atoms with Crippen LogP contribution in [0.4, 0.5) is 0 Å². The Morgan fingerprint density at radius 3 is 2.17 bits per heavy atom. The molecule has 0 aromatic rings. The molecule has 0 aliphatic carbocycles. The molecule has 3 N–H and O–H groups in total. The highest BCUT2D eigenvalue weighted by Crippen LogP contribution is 2.08. The topological polar surface area (TPSA) is 72.5 Å². The predicted molar refractivity (Wildman–Crippen MR) is 45.5 cm³/mol. The summed E-state index contributed by atoms with van der Waals surface area (Å²) in [6.07, 6.45) is -1.23. The van der Waals surface area contributed by atoms with Gasteiger partial charge in [-0.2, -0.15) is 0 Å². The molecule has 0 aliphatic rings. The lowest BCUT2D eigenvalue weighted by Gasteiger charge is -2.22. The van der Waals surface area contributed by atoms with Crippen LogP contribution in [0.15, 0.2) is 0 Å². The first-order valence-electron chi connectivity index (χ1n) is 3.90. The maximum absolute atomic E-state index is 11.0. The summed E-state index contributed by atoms with van der Waals surface area (Å²) in [6.45, 7) is 6.75. The van der Waals surface area contributed by atoms with Crippen LogP contribution >= 0.6 is 0 Å². The fourth-order valence-electron chi connectivity index (χ4n) is 0.577. The molecule has 0 radical (unpaired) electrons. The van der Waals surface area contributed by atoms with Gasteiger partial charge < -0.3 is 15.6 Å². The zero-order valence-corrected chi connectivity index (χ0v) is 8.00. The van der Waals surface area contributed by atoms with Crippen LogP contribution < -0.4 is 5.73 Å². The third kappa shape index (κ3) is 4.31. The fourth-order valence-corrected chi connectivity index (χ4v) is 0.577. The molecule has 0 saturated carbocycles. The van der Waals surface area contributed by atoms with Gasteiger partial charge in [-0.3, -0.25) is 0 Å². The maximum atomic E-state index is 11.0. The van der Waals surface area contributed by atoms with E-state index < -0.39 is 23.7 Å². The first kappa shape index (κ1) is 11.4. The van der Waals surface area contributed by atoms with Gasteiger partial charge in [-0.25, -0.2) is 4.79 Å². The maximum Gasteiger partial charge on any atom is 0.337 e. The second-order valence-corrected chi connectivity index (χ2v) is 3.84. The number of carbonyl (C=O) groups is 1. The Bertz CT molecular complexity index is 160. The summed E-state index contributed by atoms with van der Waals surface area (Å²) >= 11 is 0. The fraction of sp³-hybridized carbons (Fsp3) is 0.875. The van der Waals surface area contributed by atoms with Crippen LogP contribution in [0.5, 0.6) is 0 Å². The number of aliphatic hydroxyl groups excluding tert-OH is 1. The van der Waals surface area contributed by atoms with E-state index >= 15 is 0 Å². The molecule has 0 bridgehead atoms. The number of carbonyl (C=O) groups excluding carboxylic acids is 1. The largest absolute Gasteiger partial charge is 0.458 e. The van der Waals surface area contributed by atoms with Crippen molar-refractivity contribution in [1.82, 2.24) is 0 Å². The highest BCUT2D eigenvalue weighted by molar-refractivity contribution is 5.75. The van der Waals surface area contributed by atoms with E-state index in [2.05, 4.69) is 0 Å². The lowest BCUT2D eigenvalue weighted by atomic mass is 10.1. The van der Waals surface area contributed by atoms with E-state index in [0.29, 0.717) is 0 Å². The second-order valence-electron chi connectivity index (χ2n) is 3.84. The molecule has 0 heterocycles. The summed E-state index contributed by atoms with van der Waals surface area (Å²) < 4.78 is 4.89. The molecule has 72 valence electrons. The van der Waals surface area contributed by atoms with Gasteiger partial charge in [0, 0.05) is 6.04 Å². The minimum atomic E-state index is -1.23. The molecule has 0 spiro atoms. The Hall–Kier alpha value is -0.610. The predicted octanol–water partition coefficient (Wildman–Crippen LogP) is 0.0362. The molecule has 4 nitrogen and oxygen atoms in total. The van der Waals surface area contributed by atoms with E-state index in [9.17, 15) is 4.79 Å². The van der Waals surface area contributed by atoms with Crippen molar-refractivity contribution in [3.05, 3.63) is 0 Å². The third-order valence-corrected chi connectivity index (χ3v) is 1.15. The molecule has 0 amide bonds. The molecule has 0 unspecified atom stereocenters. The van der Waals surface area contributed by atoms with E-state index in [4.69, 9.17) is 15.6 Å². The normalized spacial score (nSPS) is 16.8. The zero-order valence-electron chi connectivity index (χ0n) is 8.00. The Morgan fingerprint density at radius 1 is 1.50 bits per heavy atom. The van der Waals surface area contributed by atoms with Gasteiger partial charge in [-0.05, 0) is 27.7 Å². The molecule has 0 saturated heterocycles. The van der Waals surface area contributed by atoms with Crippen molar-refractivity contribution < 1.29 is 14.6 Å². The van der Waals surface area contributed by atoms with E-state index in [0.717, 1.165) is 0 Å². The van der Waals surface area contributed by atoms with Crippen molar-refractivity contribution in [2.45, 2.75) is 45.4 Å². The van der Waals surface area contributed by atoms with Gasteiger partial charge in [0.1, 0.15) is 5.60 Å². The number of ether oxygens (including phenoxy) is 1. The lowest BCUT2D eigenvalue weighted by molar-refractivity contribution is -0.165. The summed E-state index contributed by atoms with van der Waals surface area (Å²) in [5.41, 5.74) is 4.73. The van der Waals surface area contributed by atoms with E-state index in [1.165, 1.54) is 0 Å². The van der Waals surface area contributed by atoms with Crippen molar-refractivity contribution >= 4 is 5.97 Å². The summed E-state index contributed by atoms with van der Waals surface area (Å²) in [6, 6.07) is -0.597. The average Bonchev–Trinajstić information content (AvgIpc) is 1.82. The van der Waals surface area contributed by atoms with Crippen LogP contribution in [0, 0.1) is 0 Å². The van der Waals surface area contributed by atoms with E-state index in [1.54, 1.807) is 27.7 Å². The van der Waals surface area contributed by atoms with Crippen LogP contribution in [0.25, 0.3) is 0 Å². The Kier molecular flexibility index (Phi) is 3.67. The average molecular weight is 175 g/mol. The standard InChI is InChI=1S/C8H17NO3/c1-5(9)6(10)7(11)12-8(2,3)4/h5-6,10H,9H2,1-4H3/t5-,6-/m0/s1. The highest BCUT2D eigenvalue weighted by atomic mass is 16.6. The molecule has 0 fully saturated rings. The molecule has 0 aromatic carbocycles. The van der Waals surface area contributed by atoms with Crippen LogP contribution in [0.2, 0.25) is 0 Å². The summed E-state index contributed by atoms with van der Waals surface area (Å²) in [4.78, 5) is 11.0. The number of rotatable bonds is 2. The summed E-state index contributed by atoms with van der Waals surface area (Å²) in [7, 11) is 0. The highest BCUT2D eigenvalue weighted by Gasteiger charge is 2.25. The summed E-state index contributed by atoms with van der Waals surface area (Å²) in [5.74, 6) is -0.669. The van der Waals surface area contributed by atoms with Crippen molar-refractivity contribution in [3.63, 3.8) is 0 Å². The molecule has 2 atom stereocenters. The lowest BCUT2D eigenvalue weighted by Crippen LogP contribution is -2.42. The smallest absolute Gasteiger partial charge is 0.337 e. The summed E-state index contributed by atoms with van der Waals surface area (Å²) in [5, 5.41) is 9.16. The monoisotopic (exact) mass is 175 g/mol. The van der Waals surface area contributed by atoms with Crippen molar-refractivity contribution in [3.8, 4) is 0 Å². The van der Waals surface area contributed by atoms with Crippen molar-refractivity contribution in [2.24, 2.45) is 5.73 Å². The molecular weight excluding hydrogens is 158 g/mol. The number of hydrogen-bond donors (Lipinski definition) is 2. The quantitative estimate of drug-likeness (QED) is 0.581. The SMILES string of the molecule is C[C@H](N)[C@H](O)C(=O)OC(C)(C)C. The minimum absolute atomic E-state index is 0.576. The molecule has 0 aliphatic heterocycles. The van der Waals surface area contributed by atoms with E-state index in [1.807, 2.05) is 0 Å². The van der Waals surface area contributed by atoms with Gasteiger partial charge in [-0.15, -0.1) is 0 Å². The van der Waals surface area contributed by atoms with Gasteiger partial charge in [0.15, 0.2) is 6.10 Å². The van der Waals surface area contributed by atoms with Crippen molar-refractivity contribution in [1.29, 1.82) is 0 Å². The Balaban J connectivity index is 4.05. The zero-order chi connectivity index (χ0) is 9.94. The van der Waals surface area contributed by atoms with Gasteiger partial charge in [0.2, 0.25) is 0 Å². The van der Waals surface area contributed by atoms with Crippen LogP contribution in [0.3, 0.4) is 0 Å². The van der Waals surface area contributed by atoms with Gasteiger partial charge in [-0.1, -0.05) is 0 Å². The van der Waals surface area contributed by atoms with Crippen LogP contribution in [0.1, 0.15) is 27.7 Å². The van der Waals surface area contributed by atoms with Gasteiger partial charge in [0.05, 0.1) is 0 Å². The third-order valence-electron chi connectivity index (χ3n) is 1.15. The number of nitrogens with two attached hydrogens (primary N) is 1. The van der Waals surface area contributed by atoms with Crippen LogP contribution in [-0.2, 0) is 9.53 Å². The molecule has 0 rings (SSSR count). The van der Waals surface area contributed by atoms with Gasteiger partial charge in [0.25, 0.3) is 0 Å². The number of hydrogen-bond acceptors (Lipinski definition) is 4. The first-order valence-corrected chi connectivity index (χ1v) is 3.90. The van der Waals surface area contributed by atoms with E-state index in [-0.39, 0.29) is 0 Å². The molecular formula is C8H17NO3. The van der Waals surface area contributed by atoms with Crippen molar-refractivity contribution in [2.75, 3.05) is 0 Å². The second kappa shape index (κ2) is 3.87. The number of esters is 1. The molecule has 4 heteroatoms. The minimum Gasteiger partial charge on any atom is -0.458 e. The number of aliphatic hydroxyl groups is 1. The van der Waals surface area contributed by atoms with Gasteiger partial charge >= 0.3 is 5.97 Å². The van der Waals surface area contributed by atoms with Crippen LogP contribution in [-0.4, -0.2) is 28.8 Å². The molecule has 0 aromatic heterocycles. The Morgan fingerprint density at radius 2 is 1.92 bits per heavy atom. The molecule has 12 heavy (non-hydrogen) atoms.